The molecule has 0 radical (unpaired) electrons. The number of nitrogens with one attached hydrogen (secondary N) is 1. The number of rotatable bonds is 7. The largest absolute Gasteiger partial charge is 0.359 e. The van der Waals surface area contributed by atoms with E-state index in [2.05, 4.69) is 218 Å². The minimum Gasteiger partial charge on any atom is -0.359 e. The number of fused-ring (bicyclic) bond motifs is 3. The SMILES string of the molecule is C1=C(c2ccc(-c3ccccc3)cc2)NC(c2cc3ccccc3c3c(-c4ccccc4)cc(-c4ccccc4)nc23)N=C1c1ccc(-c2ccccc2)cc1. The summed E-state index contributed by atoms with van der Waals surface area (Å²) in [6.07, 6.45) is 1.77. The van der Waals surface area contributed by atoms with Gasteiger partial charge in [-0.25, -0.2) is 4.98 Å². The number of nitrogens with zero attached hydrogens (tertiary/aromatic N) is 2. The molecule has 1 atom stereocenters. The van der Waals surface area contributed by atoms with Crippen LogP contribution < -0.4 is 5.32 Å². The van der Waals surface area contributed by atoms with E-state index < -0.39 is 6.17 Å². The van der Waals surface area contributed by atoms with Gasteiger partial charge in [-0.1, -0.05) is 194 Å². The van der Waals surface area contributed by atoms with Crippen molar-refractivity contribution in [2.24, 2.45) is 4.99 Å². The second kappa shape index (κ2) is 14.5. The molecule has 0 aliphatic carbocycles. The van der Waals surface area contributed by atoms with Gasteiger partial charge >= 0.3 is 0 Å². The van der Waals surface area contributed by atoms with Crippen molar-refractivity contribution in [2.75, 3.05) is 0 Å². The average Bonchev–Trinajstić information content (AvgIpc) is 3.29. The van der Waals surface area contributed by atoms with Gasteiger partial charge in [0.1, 0.15) is 6.17 Å². The molecule has 0 bridgehead atoms. The molecule has 2 heterocycles. The van der Waals surface area contributed by atoms with Crippen molar-refractivity contribution in [3.05, 3.63) is 229 Å². The van der Waals surface area contributed by atoms with Crippen molar-refractivity contribution in [2.45, 2.75) is 6.17 Å². The van der Waals surface area contributed by atoms with Gasteiger partial charge in [0.25, 0.3) is 0 Å². The molecule has 0 saturated carbocycles. The van der Waals surface area contributed by atoms with E-state index in [4.69, 9.17) is 9.98 Å². The van der Waals surface area contributed by atoms with Gasteiger partial charge in [0.05, 0.1) is 16.9 Å². The second-order valence-corrected chi connectivity index (χ2v) is 14.2. The predicted octanol–water partition coefficient (Wildman–Crippen LogP) is 13.2. The first-order chi connectivity index (χ1) is 27.7. The number of hydrogen-bond donors (Lipinski definition) is 1. The minimum atomic E-state index is -0.415. The highest BCUT2D eigenvalue weighted by Crippen LogP contribution is 2.41. The molecule has 0 amide bonds. The van der Waals surface area contributed by atoms with Crippen LogP contribution in [0.2, 0.25) is 0 Å². The lowest BCUT2D eigenvalue weighted by atomic mass is 9.91. The number of benzene rings is 8. The van der Waals surface area contributed by atoms with E-state index in [-0.39, 0.29) is 0 Å². The van der Waals surface area contributed by atoms with Crippen LogP contribution in [0.3, 0.4) is 0 Å². The molecule has 10 rings (SSSR count). The molecule has 0 fully saturated rings. The normalized spacial score (nSPS) is 13.9. The Morgan fingerprint density at radius 1 is 0.411 bits per heavy atom. The lowest BCUT2D eigenvalue weighted by molar-refractivity contribution is 0.669. The third-order valence-electron chi connectivity index (χ3n) is 10.7. The van der Waals surface area contributed by atoms with E-state index in [0.29, 0.717) is 0 Å². The fraction of sp³-hybridized carbons (Fsp3) is 0.0189. The standard InChI is InChI=1S/C53H37N3/c1-5-15-36(16-6-1)38-25-29-42(30-26-38)49-35-50(43-31-27-39(28-32-43)37-17-7-2-8-18-37)56-53(55-49)47-33-44-23-13-14-24-45(44)51-46(40-19-9-3-10-20-40)34-48(54-52(47)51)41-21-11-4-12-22-41/h1-35,53,55H. The maximum Gasteiger partial charge on any atom is 0.147 e. The first kappa shape index (κ1) is 33.2. The van der Waals surface area contributed by atoms with Crippen LogP contribution in [-0.4, -0.2) is 10.7 Å². The summed E-state index contributed by atoms with van der Waals surface area (Å²) in [4.78, 5) is 11.0. The highest BCUT2D eigenvalue weighted by atomic mass is 15.1. The molecule has 264 valence electrons. The van der Waals surface area contributed by atoms with Gasteiger partial charge in [0, 0.05) is 22.2 Å². The summed E-state index contributed by atoms with van der Waals surface area (Å²) in [6.45, 7) is 0. The summed E-state index contributed by atoms with van der Waals surface area (Å²) >= 11 is 0. The van der Waals surface area contributed by atoms with E-state index in [9.17, 15) is 0 Å². The van der Waals surface area contributed by atoms with Crippen LogP contribution in [0, 0.1) is 0 Å². The summed E-state index contributed by atoms with van der Waals surface area (Å²) in [5, 5.41) is 7.33. The fourth-order valence-electron chi connectivity index (χ4n) is 7.87. The van der Waals surface area contributed by atoms with Gasteiger partial charge in [0.2, 0.25) is 0 Å². The highest BCUT2D eigenvalue weighted by molar-refractivity contribution is 6.16. The molecule has 8 aromatic carbocycles. The Labute approximate surface area is 327 Å². The zero-order valence-electron chi connectivity index (χ0n) is 30.7. The van der Waals surface area contributed by atoms with Gasteiger partial charge in [-0.15, -0.1) is 0 Å². The van der Waals surface area contributed by atoms with Crippen molar-refractivity contribution in [1.82, 2.24) is 10.3 Å². The fourth-order valence-corrected chi connectivity index (χ4v) is 7.87. The molecule has 0 saturated heterocycles. The van der Waals surface area contributed by atoms with Crippen LogP contribution in [0.4, 0.5) is 0 Å². The van der Waals surface area contributed by atoms with Crippen molar-refractivity contribution in [1.29, 1.82) is 0 Å². The molecule has 1 aliphatic heterocycles. The molecular formula is C53H37N3. The molecular weight excluding hydrogens is 679 g/mol. The van der Waals surface area contributed by atoms with Gasteiger partial charge in [-0.05, 0) is 73.5 Å². The smallest absolute Gasteiger partial charge is 0.147 e. The van der Waals surface area contributed by atoms with E-state index >= 15 is 0 Å². The third kappa shape index (κ3) is 6.36. The number of aliphatic imine (C=N–C) groups is 1. The second-order valence-electron chi connectivity index (χ2n) is 14.2. The van der Waals surface area contributed by atoms with Gasteiger partial charge in [-0.3, -0.25) is 4.99 Å². The van der Waals surface area contributed by atoms with Crippen LogP contribution in [0.1, 0.15) is 22.9 Å². The monoisotopic (exact) mass is 715 g/mol. The third-order valence-corrected chi connectivity index (χ3v) is 10.7. The molecule has 0 spiro atoms. The Kier molecular flexibility index (Phi) is 8.58. The molecule has 1 N–H and O–H groups in total. The molecule has 3 heteroatoms. The van der Waals surface area contributed by atoms with Gasteiger partial charge < -0.3 is 5.32 Å². The number of allylic oxidation sites excluding steroid dienone is 1. The molecule has 1 unspecified atom stereocenters. The van der Waals surface area contributed by atoms with E-state index in [1.54, 1.807) is 0 Å². The summed E-state index contributed by atoms with van der Waals surface area (Å²) in [6, 6.07) is 73.0. The molecule has 3 nitrogen and oxygen atoms in total. The van der Waals surface area contributed by atoms with Gasteiger partial charge in [0.15, 0.2) is 0 Å². The Hall–Kier alpha value is -7.36. The number of hydrogen-bond acceptors (Lipinski definition) is 3. The highest BCUT2D eigenvalue weighted by Gasteiger charge is 2.25. The molecule has 9 aromatic rings. The van der Waals surface area contributed by atoms with E-state index in [1.165, 1.54) is 27.6 Å². The quantitative estimate of drug-likeness (QED) is 0.167. The van der Waals surface area contributed by atoms with Crippen LogP contribution in [0.15, 0.2) is 217 Å². The summed E-state index contributed by atoms with van der Waals surface area (Å²) in [7, 11) is 0. The summed E-state index contributed by atoms with van der Waals surface area (Å²) < 4.78 is 0. The van der Waals surface area contributed by atoms with E-state index in [0.717, 1.165) is 66.8 Å². The minimum absolute atomic E-state index is 0.415. The summed E-state index contributed by atoms with van der Waals surface area (Å²) in [5.74, 6) is 0. The van der Waals surface area contributed by atoms with E-state index in [1.807, 2.05) is 0 Å². The van der Waals surface area contributed by atoms with Crippen LogP contribution in [-0.2, 0) is 0 Å². The summed E-state index contributed by atoms with van der Waals surface area (Å²) in [5.41, 5.74) is 15.1. The zero-order chi connectivity index (χ0) is 37.3. The van der Waals surface area contributed by atoms with Crippen molar-refractivity contribution >= 4 is 33.1 Å². The van der Waals surface area contributed by atoms with Crippen molar-refractivity contribution in [3.63, 3.8) is 0 Å². The molecule has 1 aromatic heterocycles. The lowest BCUT2D eigenvalue weighted by Gasteiger charge is -2.27. The molecule has 56 heavy (non-hydrogen) atoms. The first-order valence-corrected chi connectivity index (χ1v) is 19.1. The Morgan fingerprint density at radius 3 is 1.50 bits per heavy atom. The maximum absolute atomic E-state index is 5.52. The average molecular weight is 716 g/mol. The predicted molar refractivity (Wildman–Crippen MR) is 234 cm³/mol. The lowest BCUT2D eigenvalue weighted by Crippen LogP contribution is -2.25. The van der Waals surface area contributed by atoms with Crippen LogP contribution in [0.5, 0.6) is 0 Å². The Bertz CT molecular complexity index is 2880. The topological polar surface area (TPSA) is 37.3 Å². The van der Waals surface area contributed by atoms with Gasteiger partial charge in [-0.2, -0.15) is 0 Å². The Morgan fingerprint density at radius 2 is 0.893 bits per heavy atom. The first-order valence-electron chi connectivity index (χ1n) is 19.1. The maximum atomic E-state index is 5.52. The Balaban J connectivity index is 1.18. The van der Waals surface area contributed by atoms with Crippen LogP contribution in [0.25, 0.3) is 72.0 Å². The number of pyridine rings is 1. The number of aromatic nitrogens is 1. The van der Waals surface area contributed by atoms with Crippen molar-refractivity contribution in [3.8, 4) is 44.6 Å². The van der Waals surface area contributed by atoms with Crippen LogP contribution >= 0.6 is 0 Å². The molecule has 1 aliphatic rings. The van der Waals surface area contributed by atoms with Crippen molar-refractivity contribution < 1.29 is 0 Å². The zero-order valence-corrected chi connectivity index (χ0v) is 30.7.